The predicted octanol–water partition coefficient (Wildman–Crippen LogP) is 3.48. The zero-order valence-corrected chi connectivity index (χ0v) is 15.1. The Morgan fingerprint density at radius 1 is 1.27 bits per heavy atom. The number of ether oxygens (including phenoxy) is 1. The van der Waals surface area contributed by atoms with Crippen molar-refractivity contribution in [2.45, 2.75) is 12.5 Å². The summed E-state index contributed by atoms with van der Waals surface area (Å²) >= 11 is 12.7. The molecule has 8 heteroatoms. The zero-order chi connectivity index (χ0) is 17.8. The van der Waals surface area contributed by atoms with Gasteiger partial charge in [0.25, 0.3) is 0 Å². The first-order valence-corrected chi connectivity index (χ1v) is 9.09. The van der Waals surface area contributed by atoms with Gasteiger partial charge < -0.3 is 14.2 Å². The Labute approximate surface area is 159 Å². The fraction of sp³-hybridized carbons (Fsp3) is 0.278. The molecule has 2 saturated heterocycles. The fourth-order valence-electron chi connectivity index (χ4n) is 3.85. The van der Waals surface area contributed by atoms with E-state index in [0.29, 0.717) is 28.0 Å². The van der Waals surface area contributed by atoms with Crippen LogP contribution in [-0.2, 0) is 9.53 Å². The Bertz CT molecular complexity index is 1020. The molecular weight excluding hydrogens is 375 g/mol. The van der Waals surface area contributed by atoms with Crippen LogP contribution in [-0.4, -0.2) is 39.7 Å². The van der Waals surface area contributed by atoms with E-state index in [1.165, 1.54) is 0 Å². The number of fused-ring (bicyclic) bond motifs is 2. The van der Waals surface area contributed by atoms with Crippen LogP contribution in [0.5, 0.6) is 0 Å². The van der Waals surface area contributed by atoms with Crippen LogP contribution in [0.15, 0.2) is 36.9 Å². The second-order valence-electron chi connectivity index (χ2n) is 6.54. The van der Waals surface area contributed by atoms with Gasteiger partial charge in [-0.1, -0.05) is 23.2 Å². The summed E-state index contributed by atoms with van der Waals surface area (Å²) < 4.78 is 7.13. The molecule has 2 aliphatic heterocycles. The van der Waals surface area contributed by atoms with E-state index in [1.54, 1.807) is 18.6 Å². The molecule has 2 fully saturated rings. The number of rotatable bonds is 2. The van der Waals surface area contributed by atoms with Gasteiger partial charge in [0.1, 0.15) is 11.9 Å². The molecule has 0 aliphatic carbocycles. The zero-order valence-electron chi connectivity index (χ0n) is 13.6. The lowest BCUT2D eigenvalue weighted by atomic mass is 10.0. The molecule has 2 aromatic heterocycles. The van der Waals surface area contributed by atoms with Crippen molar-refractivity contribution in [3.8, 4) is 5.69 Å². The number of nitrogens with zero attached hydrogens (tertiary/aromatic N) is 4. The van der Waals surface area contributed by atoms with Crippen molar-refractivity contribution in [2.24, 2.45) is 5.92 Å². The van der Waals surface area contributed by atoms with Crippen molar-refractivity contribution in [1.29, 1.82) is 0 Å². The summed E-state index contributed by atoms with van der Waals surface area (Å²) in [6.07, 6.45) is 6.19. The molecule has 0 N–H and O–H groups in total. The molecule has 26 heavy (non-hydrogen) atoms. The molecule has 1 aromatic carbocycles. The van der Waals surface area contributed by atoms with Crippen molar-refractivity contribution >= 4 is 45.9 Å². The SMILES string of the molecule is O=C1OC[C@@H]2CCN(c3cc(-n4ccnc4)c4ccc(Cl)c(Cl)c4n3)[C@H]12. The average molecular weight is 389 g/mol. The summed E-state index contributed by atoms with van der Waals surface area (Å²) in [6.45, 7) is 1.24. The topological polar surface area (TPSA) is 60.2 Å². The number of halogens is 2. The maximum absolute atomic E-state index is 12.2. The predicted molar refractivity (Wildman–Crippen MR) is 99.1 cm³/mol. The minimum atomic E-state index is -0.284. The lowest BCUT2D eigenvalue weighted by Gasteiger charge is -2.24. The highest BCUT2D eigenvalue weighted by Gasteiger charge is 2.46. The van der Waals surface area contributed by atoms with E-state index in [9.17, 15) is 4.79 Å². The largest absolute Gasteiger partial charge is 0.464 e. The first kappa shape index (κ1) is 15.9. The van der Waals surface area contributed by atoms with Crippen molar-refractivity contribution < 1.29 is 9.53 Å². The number of imidazole rings is 1. The monoisotopic (exact) mass is 388 g/mol. The smallest absolute Gasteiger partial charge is 0.329 e. The van der Waals surface area contributed by atoms with Crippen LogP contribution in [0.1, 0.15) is 6.42 Å². The van der Waals surface area contributed by atoms with Gasteiger partial charge >= 0.3 is 5.97 Å². The molecular formula is C18H14Cl2N4O2. The number of esters is 1. The number of pyridine rings is 1. The Balaban J connectivity index is 1.74. The molecule has 0 saturated carbocycles. The Morgan fingerprint density at radius 2 is 2.15 bits per heavy atom. The highest BCUT2D eigenvalue weighted by molar-refractivity contribution is 6.45. The van der Waals surface area contributed by atoms with Gasteiger partial charge in [-0.2, -0.15) is 0 Å². The summed E-state index contributed by atoms with van der Waals surface area (Å²) in [7, 11) is 0. The van der Waals surface area contributed by atoms with Gasteiger partial charge in [-0.25, -0.2) is 14.8 Å². The summed E-state index contributed by atoms with van der Waals surface area (Å²) in [5.74, 6) is 0.721. The van der Waals surface area contributed by atoms with Crippen LogP contribution in [0.3, 0.4) is 0 Å². The van der Waals surface area contributed by atoms with Crippen molar-refractivity contribution in [1.82, 2.24) is 14.5 Å². The fourth-order valence-corrected chi connectivity index (χ4v) is 4.21. The van der Waals surface area contributed by atoms with E-state index in [2.05, 4.69) is 4.98 Å². The minimum absolute atomic E-state index is 0.184. The summed E-state index contributed by atoms with van der Waals surface area (Å²) in [4.78, 5) is 23.1. The normalized spacial score (nSPS) is 22.1. The van der Waals surface area contributed by atoms with Crippen molar-refractivity contribution in [3.05, 3.63) is 47.0 Å². The summed E-state index contributed by atoms with van der Waals surface area (Å²) in [6, 6.07) is 5.33. The van der Waals surface area contributed by atoms with E-state index < -0.39 is 0 Å². The van der Waals surface area contributed by atoms with Gasteiger partial charge in [-0.15, -0.1) is 0 Å². The van der Waals surface area contributed by atoms with E-state index in [1.807, 2.05) is 27.8 Å². The molecule has 6 nitrogen and oxygen atoms in total. The van der Waals surface area contributed by atoms with Gasteiger partial charge in [0, 0.05) is 36.3 Å². The first-order chi connectivity index (χ1) is 12.6. The Hall–Kier alpha value is -2.31. The minimum Gasteiger partial charge on any atom is -0.464 e. The van der Waals surface area contributed by atoms with E-state index in [-0.39, 0.29) is 17.9 Å². The third kappa shape index (κ3) is 2.29. The number of anilines is 1. The first-order valence-electron chi connectivity index (χ1n) is 8.34. The van der Waals surface area contributed by atoms with Gasteiger partial charge in [-0.05, 0) is 18.6 Å². The Morgan fingerprint density at radius 3 is 2.96 bits per heavy atom. The Kier molecular flexibility index (Phi) is 3.58. The number of cyclic esters (lactones) is 1. The quantitative estimate of drug-likeness (QED) is 0.628. The number of carbonyl (C=O) groups is 1. The highest BCUT2D eigenvalue weighted by atomic mass is 35.5. The highest BCUT2D eigenvalue weighted by Crippen LogP contribution is 2.38. The molecule has 0 amide bonds. The molecule has 3 aromatic rings. The number of carbonyl (C=O) groups excluding carboxylic acids is 1. The molecule has 2 aliphatic rings. The molecule has 0 spiro atoms. The van der Waals surface area contributed by atoms with Crippen LogP contribution in [0.4, 0.5) is 5.82 Å². The lowest BCUT2D eigenvalue weighted by Crippen LogP contribution is -2.36. The lowest BCUT2D eigenvalue weighted by molar-refractivity contribution is -0.139. The van der Waals surface area contributed by atoms with Gasteiger partial charge in [-0.3, -0.25) is 0 Å². The van der Waals surface area contributed by atoms with Gasteiger partial charge in [0.15, 0.2) is 0 Å². The standard InChI is InChI=1S/C18H14Cl2N4O2/c19-12-2-1-11-13(23-6-4-21-9-23)7-14(22-16(11)15(12)20)24-5-3-10-8-26-18(25)17(10)24/h1-2,4,6-7,9-10,17H,3,5,8H2/t10-,17-/m0/s1. The van der Waals surface area contributed by atoms with E-state index in [0.717, 1.165) is 24.0 Å². The molecule has 4 heterocycles. The van der Waals surface area contributed by atoms with Crippen molar-refractivity contribution in [3.63, 3.8) is 0 Å². The van der Waals surface area contributed by atoms with Crippen LogP contribution in [0.2, 0.25) is 10.0 Å². The van der Waals surface area contributed by atoms with Crippen LogP contribution >= 0.6 is 23.2 Å². The molecule has 0 radical (unpaired) electrons. The van der Waals surface area contributed by atoms with Crippen LogP contribution in [0, 0.1) is 5.92 Å². The molecule has 5 rings (SSSR count). The molecule has 132 valence electrons. The number of hydrogen-bond acceptors (Lipinski definition) is 5. The van der Waals surface area contributed by atoms with E-state index in [4.69, 9.17) is 32.9 Å². The van der Waals surface area contributed by atoms with Crippen molar-refractivity contribution in [2.75, 3.05) is 18.1 Å². The molecule has 0 bridgehead atoms. The summed E-state index contributed by atoms with van der Waals surface area (Å²) in [5.41, 5.74) is 1.49. The van der Waals surface area contributed by atoms with E-state index >= 15 is 0 Å². The second-order valence-corrected chi connectivity index (χ2v) is 7.33. The second kappa shape index (κ2) is 5.86. The number of benzene rings is 1. The van der Waals surface area contributed by atoms with Gasteiger partial charge in [0.2, 0.25) is 0 Å². The molecule has 2 atom stereocenters. The summed E-state index contributed by atoms with van der Waals surface area (Å²) in [5, 5.41) is 1.71. The van der Waals surface area contributed by atoms with Crippen LogP contribution in [0.25, 0.3) is 16.6 Å². The molecule has 0 unspecified atom stereocenters. The average Bonchev–Trinajstić information content (AvgIpc) is 3.37. The maximum Gasteiger partial charge on any atom is 0.329 e. The third-order valence-corrected chi connectivity index (χ3v) is 5.91. The number of hydrogen-bond donors (Lipinski definition) is 0. The van der Waals surface area contributed by atoms with Gasteiger partial charge in [0.05, 0.1) is 34.2 Å². The third-order valence-electron chi connectivity index (χ3n) is 5.12. The number of aromatic nitrogens is 3. The van der Waals surface area contributed by atoms with Crippen LogP contribution < -0.4 is 4.90 Å². The maximum atomic E-state index is 12.2.